The summed E-state index contributed by atoms with van der Waals surface area (Å²) in [6.45, 7) is 2.87. The van der Waals surface area contributed by atoms with Crippen molar-refractivity contribution in [3.8, 4) is 0 Å². The fourth-order valence-corrected chi connectivity index (χ4v) is 3.11. The lowest BCUT2D eigenvalue weighted by molar-refractivity contribution is -0.136. The van der Waals surface area contributed by atoms with Crippen LogP contribution >= 0.6 is 27.3 Å². The summed E-state index contributed by atoms with van der Waals surface area (Å²) in [4.78, 5) is 12.7. The molecule has 1 heterocycles. The van der Waals surface area contributed by atoms with E-state index in [0.717, 1.165) is 20.8 Å². The normalized spacial score (nSPS) is 12.3. The third kappa shape index (κ3) is 4.44. The van der Waals surface area contributed by atoms with Crippen LogP contribution in [-0.2, 0) is 17.8 Å². The van der Waals surface area contributed by atoms with Gasteiger partial charge in [0.1, 0.15) is 0 Å². The van der Waals surface area contributed by atoms with Crippen LogP contribution in [0.25, 0.3) is 0 Å². The average Bonchev–Trinajstić information content (AvgIpc) is 2.83. The van der Waals surface area contributed by atoms with Crippen molar-refractivity contribution in [2.24, 2.45) is 0 Å². The number of hydrogen-bond donors (Lipinski definition) is 2. The van der Waals surface area contributed by atoms with Crippen molar-refractivity contribution in [1.82, 2.24) is 5.32 Å². The van der Waals surface area contributed by atoms with E-state index in [-0.39, 0.29) is 12.5 Å². The van der Waals surface area contributed by atoms with E-state index >= 15 is 0 Å². The highest BCUT2D eigenvalue weighted by Crippen LogP contribution is 2.20. The smallest absolute Gasteiger partial charge is 0.308 e. The lowest BCUT2D eigenvalue weighted by atomic mass is 10.1. The van der Waals surface area contributed by atoms with Gasteiger partial charge in [-0.3, -0.25) is 4.79 Å². The van der Waals surface area contributed by atoms with Crippen LogP contribution in [-0.4, -0.2) is 11.1 Å². The monoisotopic (exact) mass is 353 g/mol. The first kappa shape index (κ1) is 15.2. The number of carbonyl (C=O) groups is 1. The first-order chi connectivity index (χ1) is 9.54. The minimum Gasteiger partial charge on any atom is -0.481 e. The van der Waals surface area contributed by atoms with Crippen LogP contribution < -0.4 is 5.32 Å². The number of carboxylic acid groups (broad SMARTS) is 1. The number of nitrogens with one attached hydrogen (secondary N) is 1. The molecule has 1 atom stereocenters. The lowest BCUT2D eigenvalue weighted by Gasteiger charge is -2.13. The molecule has 3 nitrogen and oxygen atoms in total. The number of hydrogen-bond acceptors (Lipinski definition) is 3. The fraction of sp³-hybridized carbons (Fsp3) is 0.267. The molecule has 0 unspecified atom stereocenters. The molecule has 0 saturated carbocycles. The van der Waals surface area contributed by atoms with E-state index in [9.17, 15) is 4.79 Å². The van der Waals surface area contributed by atoms with Gasteiger partial charge in [0.25, 0.3) is 0 Å². The van der Waals surface area contributed by atoms with E-state index in [2.05, 4.69) is 40.3 Å². The Bertz CT molecular complexity index is 580. The van der Waals surface area contributed by atoms with Crippen LogP contribution in [0, 0.1) is 0 Å². The maximum Gasteiger partial charge on any atom is 0.308 e. The predicted octanol–water partition coefficient (Wildman–Crippen LogP) is 3.99. The molecule has 0 amide bonds. The molecule has 0 saturated heterocycles. The highest BCUT2D eigenvalue weighted by molar-refractivity contribution is 9.10. The molecule has 0 radical (unpaired) electrons. The molecule has 5 heteroatoms. The van der Waals surface area contributed by atoms with Crippen molar-refractivity contribution in [2.75, 3.05) is 0 Å². The van der Waals surface area contributed by atoms with Crippen molar-refractivity contribution < 1.29 is 9.90 Å². The van der Waals surface area contributed by atoms with Crippen molar-refractivity contribution >= 4 is 33.2 Å². The highest BCUT2D eigenvalue weighted by Gasteiger charge is 2.07. The van der Waals surface area contributed by atoms with Crippen LogP contribution in [0.15, 0.2) is 40.9 Å². The maximum absolute atomic E-state index is 10.6. The Morgan fingerprint density at radius 1 is 1.25 bits per heavy atom. The molecule has 2 N–H and O–H groups in total. The molecule has 2 aromatic rings. The van der Waals surface area contributed by atoms with E-state index in [1.807, 2.05) is 24.3 Å². The zero-order valence-corrected chi connectivity index (χ0v) is 13.5. The fourth-order valence-electron chi connectivity index (χ4n) is 1.88. The second-order valence-electron chi connectivity index (χ2n) is 4.59. The van der Waals surface area contributed by atoms with Gasteiger partial charge in [0, 0.05) is 26.8 Å². The van der Waals surface area contributed by atoms with Gasteiger partial charge in [0.15, 0.2) is 0 Å². The Morgan fingerprint density at radius 3 is 2.55 bits per heavy atom. The zero-order chi connectivity index (χ0) is 14.5. The third-order valence-electron chi connectivity index (χ3n) is 3.00. The summed E-state index contributed by atoms with van der Waals surface area (Å²) in [5, 5.41) is 12.2. The summed E-state index contributed by atoms with van der Waals surface area (Å²) in [7, 11) is 0. The second-order valence-corrected chi connectivity index (χ2v) is 6.76. The summed E-state index contributed by atoms with van der Waals surface area (Å²) in [6, 6.07) is 12.4. The molecule has 0 spiro atoms. The van der Waals surface area contributed by atoms with Gasteiger partial charge in [-0.25, -0.2) is 0 Å². The summed E-state index contributed by atoms with van der Waals surface area (Å²) >= 11 is 4.98. The predicted molar refractivity (Wildman–Crippen MR) is 85.1 cm³/mol. The molecule has 20 heavy (non-hydrogen) atoms. The van der Waals surface area contributed by atoms with Crippen LogP contribution in [0.4, 0.5) is 0 Å². The van der Waals surface area contributed by atoms with Crippen LogP contribution in [0.3, 0.4) is 0 Å². The number of halogens is 1. The van der Waals surface area contributed by atoms with E-state index in [4.69, 9.17) is 5.11 Å². The summed E-state index contributed by atoms with van der Waals surface area (Å²) in [5.41, 5.74) is 1.23. The molecule has 0 aliphatic rings. The number of carboxylic acids is 1. The van der Waals surface area contributed by atoms with Crippen LogP contribution in [0.5, 0.6) is 0 Å². The molecule has 106 valence electrons. The Kier molecular flexibility index (Phi) is 5.34. The Labute approximate surface area is 130 Å². The first-order valence-corrected chi connectivity index (χ1v) is 7.94. The van der Waals surface area contributed by atoms with Crippen molar-refractivity contribution in [3.63, 3.8) is 0 Å². The first-order valence-electron chi connectivity index (χ1n) is 6.33. The number of aliphatic carboxylic acids is 1. The molecule has 1 aromatic carbocycles. The SMILES string of the molecule is C[C@@H](NCc1ccc(CC(=O)O)s1)c1ccc(Br)cc1. The quantitative estimate of drug-likeness (QED) is 0.825. The van der Waals surface area contributed by atoms with E-state index < -0.39 is 5.97 Å². The Hall–Kier alpha value is -1.17. The van der Waals surface area contributed by atoms with Gasteiger partial charge in [-0.05, 0) is 36.8 Å². The van der Waals surface area contributed by atoms with Gasteiger partial charge in [-0.1, -0.05) is 28.1 Å². The summed E-state index contributed by atoms with van der Waals surface area (Å²) in [6.07, 6.45) is 0.104. The number of benzene rings is 1. The third-order valence-corrected chi connectivity index (χ3v) is 4.61. The van der Waals surface area contributed by atoms with Gasteiger partial charge in [-0.2, -0.15) is 0 Å². The van der Waals surface area contributed by atoms with Gasteiger partial charge in [0.05, 0.1) is 6.42 Å². The summed E-state index contributed by atoms with van der Waals surface area (Å²) in [5.74, 6) is -0.783. The lowest BCUT2D eigenvalue weighted by Crippen LogP contribution is -2.17. The van der Waals surface area contributed by atoms with E-state index in [1.165, 1.54) is 5.56 Å². The van der Waals surface area contributed by atoms with E-state index in [0.29, 0.717) is 0 Å². The molecule has 1 aromatic heterocycles. The standard InChI is InChI=1S/C15H16BrNO2S/c1-10(11-2-4-12(16)5-3-11)17-9-14-7-6-13(20-14)8-15(18)19/h2-7,10,17H,8-9H2,1H3,(H,18,19)/t10-/m1/s1. The Morgan fingerprint density at radius 2 is 1.90 bits per heavy atom. The molecule has 0 fully saturated rings. The molecular weight excluding hydrogens is 338 g/mol. The van der Waals surface area contributed by atoms with E-state index in [1.54, 1.807) is 11.3 Å². The largest absolute Gasteiger partial charge is 0.481 e. The van der Waals surface area contributed by atoms with Crippen molar-refractivity contribution in [1.29, 1.82) is 0 Å². The topological polar surface area (TPSA) is 49.3 Å². The zero-order valence-electron chi connectivity index (χ0n) is 11.1. The minimum absolute atomic E-state index is 0.104. The van der Waals surface area contributed by atoms with Gasteiger partial charge < -0.3 is 10.4 Å². The second kappa shape index (κ2) is 7.02. The van der Waals surface area contributed by atoms with Gasteiger partial charge in [0.2, 0.25) is 0 Å². The summed E-state index contributed by atoms with van der Waals surface area (Å²) < 4.78 is 1.07. The molecule has 0 bridgehead atoms. The van der Waals surface area contributed by atoms with Gasteiger partial charge >= 0.3 is 5.97 Å². The molecular formula is C15H16BrNO2S. The highest BCUT2D eigenvalue weighted by atomic mass is 79.9. The van der Waals surface area contributed by atoms with Gasteiger partial charge in [-0.15, -0.1) is 11.3 Å². The number of thiophene rings is 1. The molecule has 2 rings (SSSR count). The Balaban J connectivity index is 1.89. The van der Waals surface area contributed by atoms with Crippen molar-refractivity contribution in [3.05, 3.63) is 56.2 Å². The molecule has 0 aliphatic carbocycles. The average molecular weight is 354 g/mol. The van der Waals surface area contributed by atoms with Crippen LogP contribution in [0.2, 0.25) is 0 Å². The molecule has 0 aliphatic heterocycles. The van der Waals surface area contributed by atoms with Crippen LogP contribution in [0.1, 0.15) is 28.3 Å². The maximum atomic E-state index is 10.6. The number of rotatable bonds is 6. The minimum atomic E-state index is -0.783. The van der Waals surface area contributed by atoms with Crippen molar-refractivity contribution in [2.45, 2.75) is 25.9 Å².